The highest BCUT2D eigenvalue weighted by Gasteiger charge is 2.33. The van der Waals surface area contributed by atoms with Gasteiger partial charge in [-0.3, -0.25) is 0 Å². The highest BCUT2D eigenvalue weighted by Crippen LogP contribution is 2.33. The van der Waals surface area contributed by atoms with Crippen LogP contribution in [0.15, 0.2) is 6.33 Å². The molecule has 0 amide bonds. The van der Waals surface area contributed by atoms with E-state index >= 15 is 0 Å². The summed E-state index contributed by atoms with van der Waals surface area (Å²) in [6.07, 6.45) is 5.87. The number of anilines is 2. The fourth-order valence-electron chi connectivity index (χ4n) is 2.45. The molecule has 0 saturated heterocycles. The van der Waals surface area contributed by atoms with Crippen molar-refractivity contribution in [1.29, 1.82) is 0 Å². The molecule has 1 saturated carbocycles. The molecular weight excluding hydrogens is 216 g/mol. The molecule has 1 aromatic heterocycles. The maximum Gasteiger partial charge on any atom is 0.134 e. The van der Waals surface area contributed by atoms with E-state index in [2.05, 4.69) is 20.6 Å². The molecule has 0 aliphatic heterocycles. The number of nitrogens with one attached hydrogen (secondary N) is 2. The van der Waals surface area contributed by atoms with Crippen molar-refractivity contribution in [1.82, 2.24) is 9.97 Å². The predicted molar refractivity (Wildman–Crippen MR) is 68.2 cm³/mol. The summed E-state index contributed by atoms with van der Waals surface area (Å²) in [4.78, 5) is 8.43. The zero-order valence-corrected chi connectivity index (χ0v) is 10.5. The van der Waals surface area contributed by atoms with Crippen molar-refractivity contribution < 1.29 is 5.11 Å². The Bertz CT molecular complexity index is 388. The van der Waals surface area contributed by atoms with Crippen LogP contribution < -0.4 is 10.6 Å². The molecule has 0 atom stereocenters. The molecule has 17 heavy (non-hydrogen) atoms. The lowest BCUT2D eigenvalue weighted by molar-refractivity contribution is 0.213. The summed E-state index contributed by atoms with van der Waals surface area (Å²) >= 11 is 0. The summed E-state index contributed by atoms with van der Waals surface area (Å²) in [6.45, 7) is 2.14. The molecule has 5 nitrogen and oxygen atoms in total. The normalized spacial score (nSPS) is 18.1. The molecule has 0 radical (unpaired) electrons. The summed E-state index contributed by atoms with van der Waals surface area (Å²) in [5.74, 6) is 1.65. The van der Waals surface area contributed by atoms with E-state index in [4.69, 9.17) is 0 Å². The lowest BCUT2D eigenvalue weighted by Crippen LogP contribution is -2.39. The monoisotopic (exact) mass is 236 g/mol. The minimum absolute atomic E-state index is 0.158. The highest BCUT2D eigenvalue weighted by molar-refractivity contribution is 5.57. The van der Waals surface area contributed by atoms with Gasteiger partial charge >= 0.3 is 0 Å². The molecule has 1 aromatic rings. The van der Waals surface area contributed by atoms with E-state index < -0.39 is 0 Å². The number of aliphatic hydroxyl groups excluding tert-OH is 1. The molecule has 0 unspecified atom stereocenters. The summed E-state index contributed by atoms with van der Waals surface area (Å²) in [5, 5.41) is 16.0. The van der Waals surface area contributed by atoms with Gasteiger partial charge in [-0.2, -0.15) is 0 Å². The van der Waals surface area contributed by atoms with Crippen molar-refractivity contribution in [3.8, 4) is 0 Å². The van der Waals surface area contributed by atoms with Crippen molar-refractivity contribution in [2.75, 3.05) is 24.3 Å². The van der Waals surface area contributed by atoms with Gasteiger partial charge in [0.25, 0.3) is 0 Å². The third kappa shape index (κ3) is 2.34. The van der Waals surface area contributed by atoms with E-state index in [0.29, 0.717) is 0 Å². The first-order chi connectivity index (χ1) is 8.21. The van der Waals surface area contributed by atoms with Crippen LogP contribution in [0.25, 0.3) is 0 Å². The van der Waals surface area contributed by atoms with Crippen LogP contribution in [-0.2, 0) is 0 Å². The van der Waals surface area contributed by atoms with Crippen LogP contribution in [0.4, 0.5) is 11.6 Å². The zero-order valence-electron chi connectivity index (χ0n) is 10.5. The second-order valence-corrected chi connectivity index (χ2v) is 4.72. The molecule has 3 N–H and O–H groups in total. The van der Waals surface area contributed by atoms with E-state index in [1.165, 1.54) is 0 Å². The van der Waals surface area contributed by atoms with Crippen molar-refractivity contribution in [2.24, 2.45) is 0 Å². The second kappa shape index (κ2) is 4.87. The smallest absolute Gasteiger partial charge is 0.134 e. The molecule has 1 aliphatic rings. The summed E-state index contributed by atoms with van der Waals surface area (Å²) < 4.78 is 0. The average Bonchev–Trinajstić information content (AvgIpc) is 2.81. The molecule has 1 fully saturated rings. The summed E-state index contributed by atoms with van der Waals surface area (Å²) in [5.41, 5.74) is 0.805. The molecule has 1 aliphatic carbocycles. The Morgan fingerprint density at radius 3 is 2.53 bits per heavy atom. The van der Waals surface area contributed by atoms with Gasteiger partial charge in [0.15, 0.2) is 0 Å². The fraction of sp³-hybridized carbons (Fsp3) is 0.667. The minimum Gasteiger partial charge on any atom is -0.394 e. The SMILES string of the molecule is CNc1ncnc(NC2(CO)CCCC2)c1C. The summed E-state index contributed by atoms with van der Waals surface area (Å²) in [7, 11) is 1.84. The van der Waals surface area contributed by atoms with Crippen LogP contribution in [0.1, 0.15) is 31.2 Å². The van der Waals surface area contributed by atoms with E-state index in [1.807, 2.05) is 14.0 Å². The van der Waals surface area contributed by atoms with Crippen LogP contribution in [0.5, 0.6) is 0 Å². The van der Waals surface area contributed by atoms with Gasteiger partial charge in [-0.15, -0.1) is 0 Å². The van der Waals surface area contributed by atoms with Crippen molar-refractivity contribution >= 4 is 11.6 Å². The number of rotatable bonds is 4. The molecular formula is C12H20N4O. The number of aromatic nitrogens is 2. The Balaban J connectivity index is 2.23. The Labute approximate surface area is 102 Å². The first-order valence-electron chi connectivity index (χ1n) is 6.09. The molecule has 94 valence electrons. The summed E-state index contributed by atoms with van der Waals surface area (Å²) in [6, 6.07) is 0. The number of hydrogen-bond acceptors (Lipinski definition) is 5. The van der Waals surface area contributed by atoms with Crippen LogP contribution in [-0.4, -0.2) is 34.3 Å². The maximum atomic E-state index is 9.57. The third-order valence-electron chi connectivity index (χ3n) is 3.57. The highest BCUT2D eigenvalue weighted by atomic mass is 16.3. The van der Waals surface area contributed by atoms with Crippen LogP contribution in [0.3, 0.4) is 0 Å². The lowest BCUT2D eigenvalue weighted by Gasteiger charge is -2.29. The van der Waals surface area contributed by atoms with E-state index in [0.717, 1.165) is 42.9 Å². The average molecular weight is 236 g/mol. The second-order valence-electron chi connectivity index (χ2n) is 4.72. The van der Waals surface area contributed by atoms with Crippen LogP contribution in [0, 0.1) is 6.92 Å². The Morgan fingerprint density at radius 2 is 1.94 bits per heavy atom. The molecule has 5 heteroatoms. The lowest BCUT2D eigenvalue weighted by atomic mass is 9.98. The topological polar surface area (TPSA) is 70.1 Å². The Morgan fingerprint density at radius 1 is 1.29 bits per heavy atom. The standard InChI is InChI=1S/C12H20N4O/c1-9-10(13-2)14-8-15-11(9)16-12(7-17)5-3-4-6-12/h8,17H,3-7H2,1-2H3,(H2,13,14,15,16). The van der Waals surface area contributed by atoms with Gasteiger partial charge in [-0.05, 0) is 19.8 Å². The van der Waals surface area contributed by atoms with E-state index in [9.17, 15) is 5.11 Å². The van der Waals surface area contributed by atoms with Gasteiger partial charge in [-0.1, -0.05) is 12.8 Å². The van der Waals surface area contributed by atoms with Crippen molar-refractivity contribution in [3.05, 3.63) is 11.9 Å². The molecule has 2 rings (SSSR count). The van der Waals surface area contributed by atoms with Gasteiger partial charge < -0.3 is 15.7 Å². The number of hydrogen-bond donors (Lipinski definition) is 3. The number of nitrogens with zero attached hydrogens (tertiary/aromatic N) is 2. The maximum absolute atomic E-state index is 9.57. The minimum atomic E-state index is -0.190. The third-order valence-corrected chi connectivity index (χ3v) is 3.57. The zero-order chi connectivity index (χ0) is 12.3. The van der Waals surface area contributed by atoms with Gasteiger partial charge in [0, 0.05) is 12.6 Å². The molecule has 0 bridgehead atoms. The molecule has 0 spiro atoms. The molecule has 1 heterocycles. The van der Waals surface area contributed by atoms with Gasteiger partial charge in [0.2, 0.25) is 0 Å². The van der Waals surface area contributed by atoms with Crippen molar-refractivity contribution in [3.63, 3.8) is 0 Å². The Kier molecular flexibility index (Phi) is 3.47. The Hall–Kier alpha value is -1.36. The van der Waals surface area contributed by atoms with Crippen molar-refractivity contribution in [2.45, 2.75) is 38.1 Å². The fourth-order valence-corrected chi connectivity index (χ4v) is 2.45. The molecule has 0 aromatic carbocycles. The first-order valence-corrected chi connectivity index (χ1v) is 6.09. The van der Waals surface area contributed by atoms with Crippen LogP contribution in [0.2, 0.25) is 0 Å². The van der Waals surface area contributed by atoms with Gasteiger partial charge in [0.1, 0.15) is 18.0 Å². The first kappa shape index (κ1) is 12.1. The van der Waals surface area contributed by atoms with Gasteiger partial charge in [0.05, 0.1) is 12.1 Å². The van der Waals surface area contributed by atoms with Gasteiger partial charge in [-0.25, -0.2) is 9.97 Å². The van der Waals surface area contributed by atoms with E-state index in [-0.39, 0.29) is 12.1 Å². The van der Waals surface area contributed by atoms with E-state index in [1.54, 1.807) is 6.33 Å². The quantitative estimate of drug-likeness (QED) is 0.740. The number of aliphatic hydroxyl groups is 1. The largest absolute Gasteiger partial charge is 0.394 e. The van der Waals surface area contributed by atoms with Crippen LogP contribution >= 0.6 is 0 Å². The predicted octanol–water partition coefficient (Wildman–Crippen LogP) is 1.54.